The van der Waals surface area contributed by atoms with Crippen LogP contribution < -0.4 is 5.73 Å². The van der Waals surface area contributed by atoms with E-state index in [-0.39, 0.29) is 6.23 Å². The first kappa shape index (κ1) is 3.61. The molecule has 6 heavy (non-hydrogen) atoms. The minimum absolute atomic E-state index is 0.218. The zero-order valence-corrected chi connectivity index (χ0v) is 3.51. The van der Waals surface area contributed by atoms with Crippen molar-refractivity contribution in [2.24, 2.45) is 10.9 Å². The third-order valence-electron chi connectivity index (χ3n) is 0.722. The first-order valence-corrected chi connectivity index (χ1v) is 1.76. The van der Waals surface area contributed by atoms with Gasteiger partial charge in [0.2, 0.25) is 6.23 Å². The molecule has 0 aromatic heterocycles. The molecule has 0 aliphatic carbocycles. The van der Waals surface area contributed by atoms with Crippen molar-refractivity contribution < 1.29 is 4.84 Å². The number of rotatable bonds is 0. The van der Waals surface area contributed by atoms with Crippen LogP contribution >= 0.6 is 0 Å². The normalized spacial score (nSPS) is 30.3. The van der Waals surface area contributed by atoms with Gasteiger partial charge in [0.25, 0.3) is 0 Å². The first-order chi connectivity index (χ1) is 2.80. The summed E-state index contributed by atoms with van der Waals surface area (Å²) in [6.45, 7) is 1.83. The molecule has 0 aromatic carbocycles. The van der Waals surface area contributed by atoms with Crippen molar-refractivity contribution in [1.82, 2.24) is 0 Å². The molecule has 3 heteroatoms. The van der Waals surface area contributed by atoms with Crippen LogP contribution in [0.25, 0.3) is 0 Å². The predicted octanol–water partition coefficient (Wildman–Crippen LogP) is -0.323. The summed E-state index contributed by atoms with van der Waals surface area (Å²) in [7, 11) is 0. The molecule has 2 N–H and O–H groups in total. The molecule has 0 spiro atoms. The van der Waals surface area contributed by atoms with E-state index in [2.05, 4.69) is 9.99 Å². The van der Waals surface area contributed by atoms with Gasteiger partial charge in [-0.1, -0.05) is 5.16 Å². The number of nitrogens with two attached hydrogens (primary N) is 1. The van der Waals surface area contributed by atoms with E-state index < -0.39 is 0 Å². The lowest BCUT2D eigenvalue weighted by Gasteiger charge is -2.16. The minimum Gasteiger partial charge on any atom is -0.370 e. The Morgan fingerprint density at radius 2 is 2.50 bits per heavy atom. The second kappa shape index (κ2) is 0.944. The Bertz CT molecular complexity index is 88.8. The van der Waals surface area contributed by atoms with E-state index in [1.807, 2.05) is 6.92 Å². The SMILES string of the molecule is CC1=NOC1N. The molecule has 0 aromatic rings. The minimum atomic E-state index is -0.218. The lowest BCUT2D eigenvalue weighted by atomic mass is 10.4. The van der Waals surface area contributed by atoms with E-state index in [9.17, 15) is 0 Å². The van der Waals surface area contributed by atoms with Gasteiger partial charge in [0.15, 0.2) is 0 Å². The maximum Gasteiger partial charge on any atom is 0.218 e. The third kappa shape index (κ3) is 0.285. The van der Waals surface area contributed by atoms with Crippen LogP contribution in [0.5, 0.6) is 0 Å². The summed E-state index contributed by atoms with van der Waals surface area (Å²) >= 11 is 0. The number of oxime groups is 1. The molecule has 0 radical (unpaired) electrons. The molecule has 1 aliphatic heterocycles. The molecule has 3 nitrogen and oxygen atoms in total. The quantitative estimate of drug-likeness (QED) is 0.439. The number of hydrogen-bond donors (Lipinski definition) is 1. The molecular weight excluding hydrogens is 80.0 g/mol. The van der Waals surface area contributed by atoms with Crippen LogP contribution in [0.1, 0.15) is 6.92 Å². The maximum atomic E-state index is 5.17. The Morgan fingerprint density at radius 3 is 2.50 bits per heavy atom. The van der Waals surface area contributed by atoms with E-state index in [0.29, 0.717) is 0 Å². The summed E-state index contributed by atoms with van der Waals surface area (Å²) in [4.78, 5) is 4.41. The van der Waals surface area contributed by atoms with Crippen molar-refractivity contribution in [1.29, 1.82) is 0 Å². The average molecular weight is 86.1 g/mol. The summed E-state index contributed by atoms with van der Waals surface area (Å²) in [5, 5.41) is 3.44. The number of nitrogens with zero attached hydrogens (tertiary/aromatic N) is 1. The van der Waals surface area contributed by atoms with Crippen molar-refractivity contribution >= 4 is 5.71 Å². The zero-order chi connectivity index (χ0) is 4.57. The standard InChI is InChI=1S/C3H6N2O/c1-2-3(4)6-5-2/h3H,4H2,1H3. The van der Waals surface area contributed by atoms with Crippen LogP contribution in [0.15, 0.2) is 5.16 Å². The molecule has 1 heterocycles. The fourth-order valence-corrected chi connectivity index (χ4v) is 0.219. The maximum absolute atomic E-state index is 5.17. The fourth-order valence-electron chi connectivity index (χ4n) is 0.219. The van der Waals surface area contributed by atoms with Gasteiger partial charge in [-0.05, 0) is 6.92 Å². The highest BCUT2D eigenvalue weighted by Crippen LogP contribution is 1.99. The molecule has 1 atom stereocenters. The first-order valence-electron chi connectivity index (χ1n) is 1.76. The van der Waals surface area contributed by atoms with E-state index in [1.165, 1.54) is 0 Å². The van der Waals surface area contributed by atoms with Gasteiger partial charge in [-0.15, -0.1) is 0 Å². The Morgan fingerprint density at radius 1 is 2.00 bits per heavy atom. The van der Waals surface area contributed by atoms with Gasteiger partial charge in [0, 0.05) is 0 Å². The van der Waals surface area contributed by atoms with E-state index >= 15 is 0 Å². The average Bonchev–Trinajstić information content (AvgIpc) is 1.61. The summed E-state index contributed by atoms with van der Waals surface area (Å²) in [6, 6.07) is 0. The smallest absolute Gasteiger partial charge is 0.218 e. The van der Waals surface area contributed by atoms with Gasteiger partial charge in [0.1, 0.15) is 5.71 Å². The molecule has 0 fully saturated rings. The summed E-state index contributed by atoms with van der Waals surface area (Å²) in [5.41, 5.74) is 6.04. The Labute approximate surface area is 35.8 Å². The van der Waals surface area contributed by atoms with Crippen molar-refractivity contribution in [2.45, 2.75) is 13.2 Å². The Balaban J connectivity index is 2.51. The third-order valence-corrected chi connectivity index (χ3v) is 0.722. The highest BCUT2D eigenvalue weighted by Gasteiger charge is 2.14. The van der Waals surface area contributed by atoms with Crippen LogP contribution in [-0.2, 0) is 4.84 Å². The van der Waals surface area contributed by atoms with E-state index in [1.54, 1.807) is 0 Å². The van der Waals surface area contributed by atoms with Gasteiger partial charge in [-0.3, -0.25) is 5.73 Å². The van der Waals surface area contributed by atoms with Crippen LogP contribution in [-0.4, -0.2) is 11.9 Å². The summed E-state index contributed by atoms with van der Waals surface area (Å²) in [5.74, 6) is 0. The van der Waals surface area contributed by atoms with Crippen molar-refractivity contribution in [2.75, 3.05) is 0 Å². The van der Waals surface area contributed by atoms with Gasteiger partial charge < -0.3 is 4.84 Å². The van der Waals surface area contributed by atoms with Gasteiger partial charge >= 0.3 is 0 Å². The van der Waals surface area contributed by atoms with Crippen molar-refractivity contribution in [3.63, 3.8) is 0 Å². The summed E-state index contributed by atoms with van der Waals surface area (Å²) in [6.07, 6.45) is -0.218. The molecule has 1 unspecified atom stereocenters. The highest BCUT2D eigenvalue weighted by molar-refractivity contribution is 5.87. The molecule has 0 saturated heterocycles. The van der Waals surface area contributed by atoms with Gasteiger partial charge in [0.05, 0.1) is 0 Å². The molecule has 0 bridgehead atoms. The van der Waals surface area contributed by atoms with Gasteiger partial charge in [-0.25, -0.2) is 0 Å². The molecule has 0 amide bonds. The topological polar surface area (TPSA) is 47.6 Å². The van der Waals surface area contributed by atoms with Crippen LogP contribution in [0.4, 0.5) is 0 Å². The second-order valence-electron chi connectivity index (χ2n) is 1.26. The molecule has 1 rings (SSSR count). The summed E-state index contributed by atoms with van der Waals surface area (Å²) < 4.78 is 0. The fraction of sp³-hybridized carbons (Fsp3) is 0.667. The number of hydrogen-bond acceptors (Lipinski definition) is 3. The van der Waals surface area contributed by atoms with Gasteiger partial charge in [-0.2, -0.15) is 0 Å². The zero-order valence-electron chi connectivity index (χ0n) is 3.51. The predicted molar refractivity (Wildman–Crippen MR) is 22.2 cm³/mol. The lowest BCUT2D eigenvalue weighted by molar-refractivity contribution is 0.0648. The monoisotopic (exact) mass is 86.0 g/mol. The van der Waals surface area contributed by atoms with Crippen molar-refractivity contribution in [3.05, 3.63) is 0 Å². The van der Waals surface area contributed by atoms with Crippen LogP contribution in [0.3, 0.4) is 0 Å². The lowest BCUT2D eigenvalue weighted by Crippen LogP contribution is -2.37. The van der Waals surface area contributed by atoms with Crippen molar-refractivity contribution in [3.8, 4) is 0 Å². The molecular formula is C3H6N2O. The Hall–Kier alpha value is -0.570. The highest BCUT2D eigenvalue weighted by atomic mass is 16.7. The van der Waals surface area contributed by atoms with Crippen LogP contribution in [0.2, 0.25) is 0 Å². The molecule has 1 aliphatic rings. The second-order valence-corrected chi connectivity index (χ2v) is 1.26. The van der Waals surface area contributed by atoms with Crippen LogP contribution in [0, 0.1) is 0 Å². The Kier molecular flexibility index (Phi) is 0.569. The van der Waals surface area contributed by atoms with E-state index in [4.69, 9.17) is 5.73 Å². The molecule has 0 saturated carbocycles. The largest absolute Gasteiger partial charge is 0.370 e. The molecule has 34 valence electrons. The van der Waals surface area contributed by atoms with E-state index in [0.717, 1.165) is 5.71 Å².